The lowest BCUT2D eigenvalue weighted by atomic mass is 9.97. The maximum atomic E-state index is 13.3. The molecule has 174 valence electrons. The van der Waals surface area contributed by atoms with Gasteiger partial charge in [0.2, 0.25) is 5.91 Å². The number of rotatable bonds is 5. The van der Waals surface area contributed by atoms with Gasteiger partial charge >= 0.3 is 0 Å². The summed E-state index contributed by atoms with van der Waals surface area (Å²) in [5.41, 5.74) is 6.83. The molecule has 4 aromatic rings. The van der Waals surface area contributed by atoms with Crippen molar-refractivity contribution in [2.24, 2.45) is 0 Å². The molecular formula is C29H24ClN3O2. The average Bonchev–Trinajstić information content (AvgIpc) is 3.28. The van der Waals surface area contributed by atoms with Crippen LogP contribution in [-0.2, 0) is 17.6 Å². The average molecular weight is 482 g/mol. The minimum absolute atomic E-state index is 0.0199. The van der Waals surface area contributed by atoms with Crippen molar-refractivity contribution in [3.05, 3.63) is 112 Å². The van der Waals surface area contributed by atoms with Gasteiger partial charge < -0.3 is 10.2 Å². The molecule has 6 heteroatoms. The van der Waals surface area contributed by atoms with Crippen LogP contribution in [0, 0.1) is 6.92 Å². The van der Waals surface area contributed by atoms with E-state index in [4.69, 9.17) is 11.6 Å². The predicted molar refractivity (Wildman–Crippen MR) is 140 cm³/mol. The number of hydrogen-bond acceptors (Lipinski definition) is 3. The molecule has 0 saturated heterocycles. The molecule has 0 radical (unpaired) electrons. The SMILES string of the molecule is Cc1ccc(C(=O)Nc2ccc3c(c2)CCN3C(=O)Cc2ccccn2)c(-c2ccc(Cl)cc2)c1. The van der Waals surface area contributed by atoms with E-state index in [1.807, 2.05) is 85.8 Å². The molecule has 0 fully saturated rings. The second-order valence-corrected chi connectivity index (χ2v) is 9.08. The number of halogens is 1. The predicted octanol–water partition coefficient (Wildman–Crippen LogP) is 6.09. The molecular weight excluding hydrogens is 458 g/mol. The minimum Gasteiger partial charge on any atom is -0.322 e. The maximum Gasteiger partial charge on any atom is 0.256 e. The van der Waals surface area contributed by atoms with Crippen LogP contribution in [0.25, 0.3) is 11.1 Å². The molecule has 0 aliphatic carbocycles. The lowest BCUT2D eigenvalue weighted by molar-refractivity contribution is -0.117. The maximum absolute atomic E-state index is 13.3. The Morgan fingerprint density at radius 2 is 1.83 bits per heavy atom. The highest BCUT2D eigenvalue weighted by atomic mass is 35.5. The van der Waals surface area contributed by atoms with E-state index in [0.717, 1.165) is 40.1 Å². The van der Waals surface area contributed by atoms with E-state index in [2.05, 4.69) is 10.3 Å². The number of nitrogens with one attached hydrogen (secondary N) is 1. The van der Waals surface area contributed by atoms with Gasteiger partial charge in [-0.1, -0.05) is 47.5 Å². The summed E-state index contributed by atoms with van der Waals surface area (Å²) in [6.45, 7) is 2.62. The van der Waals surface area contributed by atoms with Crippen molar-refractivity contribution >= 4 is 34.8 Å². The molecule has 0 saturated carbocycles. The second kappa shape index (κ2) is 9.72. The Balaban J connectivity index is 1.35. The Labute approximate surface area is 209 Å². The molecule has 0 unspecified atom stereocenters. The number of carbonyl (C=O) groups is 2. The number of hydrogen-bond donors (Lipinski definition) is 1. The van der Waals surface area contributed by atoms with E-state index >= 15 is 0 Å². The first kappa shape index (κ1) is 22.8. The summed E-state index contributed by atoms with van der Waals surface area (Å²) in [6.07, 6.45) is 2.70. The molecule has 2 heterocycles. The molecule has 1 N–H and O–H groups in total. The van der Waals surface area contributed by atoms with Gasteiger partial charge in [-0.3, -0.25) is 14.6 Å². The van der Waals surface area contributed by atoms with Crippen molar-refractivity contribution in [2.45, 2.75) is 19.8 Å². The van der Waals surface area contributed by atoms with Crippen molar-refractivity contribution in [3.63, 3.8) is 0 Å². The Bertz CT molecular complexity index is 1400. The zero-order chi connectivity index (χ0) is 24.4. The largest absolute Gasteiger partial charge is 0.322 e. The third kappa shape index (κ3) is 4.96. The van der Waals surface area contributed by atoms with E-state index in [0.29, 0.717) is 22.8 Å². The van der Waals surface area contributed by atoms with Crippen molar-refractivity contribution in [1.29, 1.82) is 0 Å². The third-order valence-corrected chi connectivity index (χ3v) is 6.42. The first-order chi connectivity index (χ1) is 17.0. The van der Waals surface area contributed by atoms with Gasteiger partial charge in [0.25, 0.3) is 5.91 Å². The summed E-state index contributed by atoms with van der Waals surface area (Å²) in [7, 11) is 0. The highest BCUT2D eigenvalue weighted by Crippen LogP contribution is 2.32. The third-order valence-electron chi connectivity index (χ3n) is 6.17. The first-order valence-electron chi connectivity index (χ1n) is 11.5. The molecule has 1 aliphatic rings. The van der Waals surface area contributed by atoms with Gasteiger partial charge in [-0.15, -0.1) is 0 Å². The van der Waals surface area contributed by atoms with E-state index in [-0.39, 0.29) is 18.2 Å². The normalized spacial score (nSPS) is 12.3. The van der Waals surface area contributed by atoms with Gasteiger partial charge in [0, 0.05) is 40.4 Å². The van der Waals surface area contributed by atoms with Crippen molar-refractivity contribution in [2.75, 3.05) is 16.8 Å². The van der Waals surface area contributed by atoms with Gasteiger partial charge in [-0.2, -0.15) is 0 Å². The Morgan fingerprint density at radius 3 is 2.60 bits per heavy atom. The quantitative estimate of drug-likeness (QED) is 0.375. The molecule has 35 heavy (non-hydrogen) atoms. The fraction of sp³-hybridized carbons (Fsp3) is 0.138. The summed E-state index contributed by atoms with van der Waals surface area (Å²) in [5, 5.41) is 3.69. The monoisotopic (exact) mass is 481 g/mol. The molecule has 1 aliphatic heterocycles. The molecule has 0 bridgehead atoms. The summed E-state index contributed by atoms with van der Waals surface area (Å²) >= 11 is 6.05. The number of aryl methyl sites for hydroxylation is 1. The lowest BCUT2D eigenvalue weighted by Gasteiger charge is -2.18. The number of fused-ring (bicyclic) bond motifs is 1. The van der Waals surface area contributed by atoms with Crippen LogP contribution in [0.5, 0.6) is 0 Å². The Morgan fingerprint density at radius 1 is 1.00 bits per heavy atom. The Kier molecular flexibility index (Phi) is 6.34. The second-order valence-electron chi connectivity index (χ2n) is 8.65. The van der Waals surface area contributed by atoms with Gasteiger partial charge in [-0.05, 0) is 78.6 Å². The molecule has 0 spiro atoms. The number of carbonyl (C=O) groups excluding carboxylic acids is 2. The number of aromatic nitrogens is 1. The highest BCUT2D eigenvalue weighted by molar-refractivity contribution is 6.30. The fourth-order valence-corrected chi connectivity index (χ4v) is 4.54. The molecule has 2 amide bonds. The van der Waals surface area contributed by atoms with Gasteiger partial charge in [0.1, 0.15) is 0 Å². The number of pyridine rings is 1. The van der Waals surface area contributed by atoms with E-state index in [1.54, 1.807) is 11.1 Å². The summed E-state index contributed by atoms with van der Waals surface area (Å²) in [5.74, 6) is -0.164. The van der Waals surface area contributed by atoms with Crippen LogP contribution in [0.3, 0.4) is 0 Å². The minimum atomic E-state index is -0.184. The van der Waals surface area contributed by atoms with Crippen molar-refractivity contribution in [3.8, 4) is 11.1 Å². The van der Waals surface area contributed by atoms with Gasteiger partial charge in [-0.25, -0.2) is 0 Å². The zero-order valence-electron chi connectivity index (χ0n) is 19.3. The van der Waals surface area contributed by atoms with Crippen LogP contribution in [-0.4, -0.2) is 23.3 Å². The van der Waals surface area contributed by atoms with Crippen molar-refractivity contribution in [1.82, 2.24) is 4.98 Å². The van der Waals surface area contributed by atoms with Crippen LogP contribution in [0.15, 0.2) is 85.1 Å². The van der Waals surface area contributed by atoms with Gasteiger partial charge in [0.05, 0.1) is 6.42 Å². The lowest BCUT2D eigenvalue weighted by Crippen LogP contribution is -2.30. The van der Waals surface area contributed by atoms with E-state index in [1.165, 1.54) is 0 Å². The number of anilines is 2. The van der Waals surface area contributed by atoms with Crippen LogP contribution in [0.2, 0.25) is 5.02 Å². The zero-order valence-corrected chi connectivity index (χ0v) is 20.0. The molecule has 3 aromatic carbocycles. The van der Waals surface area contributed by atoms with Crippen LogP contribution in [0.1, 0.15) is 27.2 Å². The van der Waals surface area contributed by atoms with Crippen LogP contribution >= 0.6 is 11.6 Å². The summed E-state index contributed by atoms with van der Waals surface area (Å²) < 4.78 is 0. The van der Waals surface area contributed by atoms with Gasteiger partial charge in [0.15, 0.2) is 0 Å². The van der Waals surface area contributed by atoms with E-state index in [9.17, 15) is 9.59 Å². The van der Waals surface area contributed by atoms with Crippen LogP contribution in [0.4, 0.5) is 11.4 Å². The number of amides is 2. The number of nitrogens with zero attached hydrogens (tertiary/aromatic N) is 2. The first-order valence-corrected chi connectivity index (χ1v) is 11.9. The smallest absolute Gasteiger partial charge is 0.256 e. The highest BCUT2D eigenvalue weighted by Gasteiger charge is 2.25. The van der Waals surface area contributed by atoms with E-state index < -0.39 is 0 Å². The summed E-state index contributed by atoms with van der Waals surface area (Å²) in [4.78, 5) is 32.2. The standard InChI is InChI=1S/C29H24ClN3O2/c1-19-5-11-25(26(16-19)20-6-8-22(30)9-7-20)29(35)32-24-10-12-27-21(17-24)13-15-33(27)28(34)18-23-4-2-3-14-31-23/h2-12,14,16-17H,13,15,18H2,1H3,(H,32,35). The Hall–Kier alpha value is -3.96. The van der Waals surface area contributed by atoms with Crippen molar-refractivity contribution < 1.29 is 9.59 Å². The topological polar surface area (TPSA) is 62.3 Å². The summed E-state index contributed by atoms with van der Waals surface area (Å²) in [6, 6.07) is 24.5. The molecule has 5 rings (SSSR count). The molecule has 0 atom stereocenters. The van der Waals surface area contributed by atoms with Crippen LogP contribution < -0.4 is 10.2 Å². The molecule has 5 nitrogen and oxygen atoms in total. The molecule has 1 aromatic heterocycles. The fourth-order valence-electron chi connectivity index (χ4n) is 4.41. The number of benzene rings is 3.